The van der Waals surface area contributed by atoms with Crippen LogP contribution < -0.4 is 5.11 Å². The molecule has 0 amide bonds. The normalized spacial score (nSPS) is 9.88. The van der Waals surface area contributed by atoms with E-state index >= 15 is 0 Å². The number of hydrogen-bond acceptors (Lipinski definition) is 2. The zero-order valence-electron chi connectivity index (χ0n) is 3.66. The summed E-state index contributed by atoms with van der Waals surface area (Å²) in [4.78, 5) is 8.78. The largest absolute Gasteiger partial charge is 1.00 e. The fraction of sp³-hybridized carbons (Fsp3) is 0.500. The van der Waals surface area contributed by atoms with Crippen LogP contribution in [0, 0.1) is 0 Å². The molecule has 0 spiro atoms. The van der Waals surface area contributed by atoms with Gasteiger partial charge in [-0.3, -0.25) is 0 Å². The molecule has 0 aromatic heterocycles. The van der Waals surface area contributed by atoms with Crippen LogP contribution in [0.2, 0.25) is 0 Å². The number of carbonyl (C=O) groups is 1. The Labute approximate surface area is 63.2 Å². The molecule has 0 aliphatic rings. The molecule has 8 heavy (non-hydrogen) atoms. The van der Waals surface area contributed by atoms with Crippen molar-refractivity contribution in [1.82, 2.24) is 0 Å². The molecule has 2 nitrogen and oxygen atoms in total. The zero-order chi connectivity index (χ0) is 6.08. The number of carbonyl (C=O) groups excluding carboxylic acids is 1. The molecule has 0 bridgehead atoms. The predicted octanol–water partition coefficient (Wildman–Crippen LogP) is -0.704. The summed E-state index contributed by atoms with van der Waals surface area (Å²) < 4.78 is 31.5. The van der Waals surface area contributed by atoms with E-state index in [1.807, 2.05) is 0 Å². The third-order valence-electron chi connectivity index (χ3n) is 0.231. The Balaban J connectivity index is 0. The van der Waals surface area contributed by atoms with E-state index in [0.717, 1.165) is 0 Å². The minimum atomic E-state index is -5.19. The van der Waals surface area contributed by atoms with Crippen molar-refractivity contribution in [1.29, 1.82) is 0 Å². The second-order valence-corrected chi connectivity index (χ2v) is 0.785. The monoisotopic (exact) mass is 315 g/mol. The average Bonchev–Trinajstić information content (AvgIpc) is 1.31. The van der Waals surface area contributed by atoms with Crippen molar-refractivity contribution < 1.29 is 50.7 Å². The Morgan fingerprint density at radius 2 is 1.50 bits per heavy atom. The first-order valence-electron chi connectivity index (χ1n) is 1.23. The first-order valence-corrected chi connectivity index (χ1v) is 1.23. The van der Waals surface area contributed by atoms with Gasteiger partial charge in [0.1, 0.15) is 5.97 Å². The van der Waals surface area contributed by atoms with Crippen LogP contribution in [0.25, 0.3) is 0 Å². The summed E-state index contributed by atoms with van der Waals surface area (Å²) in [6.07, 6.45) is -5.19. The van der Waals surface area contributed by atoms with Crippen molar-refractivity contribution in [3.8, 4) is 0 Å². The van der Waals surface area contributed by atoms with Crippen LogP contribution in [-0.2, 0) is 32.5 Å². The molecule has 0 saturated carbocycles. The van der Waals surface area contributed by atoms with Crippen molar-refractivity contribution in [2.75, 3.05) is 0 Å². The number of aliphatic carboxylic acids is 1. The first-order chi connectivity index (χ1) is 2.94. The third kappa shape index (κ3) is 4.36. The standard InChI is InChI=1S/C2HF3O2.Hg/c3-2(4,5)1(6)7;/h(H,6,7);/q;+1/p-1. The van der Waals surface area contributed by atoms with E-state index in [9.17, 15) is 13.2 Å². The summed E-state index contributed by atoms with van der Waals surface area (Å²) in [6, 6.07) is 0. The van der Waals surface area contributed by atoms with E-state index in [0.29, 0.717) is 0 Å². The Bertz CT molecular complexity index is 87.8. The van der Waals surface area contributed by atoms with E-state index in [2.05, 4.69) is 0 Å². The van der Waals surface area contributed by atoms with Gasteiger partial charge in [-0.25, -0.2) is 0 Å². The van der Waals surface area contributed by atoms with Gasteiger partial charge >= 0.3 is 33.8 Å². The van der Waals surface area contributed by atoms with Gasteiger partial charge in [-0.2, -0.15) is 13.2 Å². The quantitative estimate of drug-likeness (QED) is 0.555. The van der Waals surface area contributed by atoms with Gasteiger partial charge in [-0.1, -0.05) is 0 Å². The van der Waals surface area contributed by atoms with Crippen LogP contribution in [-0.4, -0.2) is 12.1 Å². The molecule has 0 rings (SSSR count). The molecular weight excluding hydrogens is 314 g/mol. The van der Waals surface area contributed by atoms with Crippen LogP contribution in [0.1, 0.15) is 0 Å². The van der Waals surface area contributed by atoms with Crippen LogP contribution in [0.3, 0.4) is 0 Å². The molecule has 43 valence electrons. The second kappa shape index (κ2) is 3.27. The van der Waals surface area contributed by atoms with Gasteiger partial charge in [0.2, 0.25) is 0 Å². The average molecular weight is 314 g/mol. The number of hydrogen-bond donors (Lipinski definition) is 0. The number of halogens is 3. The predicted molar refractivity (Wildman–Crippen MR) is 11.1 cm³/mol. The molecular formula is C2F3HgO2. The smallest absolute Gasteiger partial charge is 0.542 e. The van der Waals surface area contributed by atoms with E-state index in [-0.39, 0.29) is 27.7 Å². The topological polar surface area (TPSA) is 40.1 Å². The molecule has 0 aliphatic heterocycles. The number of rotatable bonds is 0. The van der Waals surface area contributed by atoms with E-state index < -0.39 is 12.1 Å². The maximum absolute atomic E-state index is 10.5. The van der Waals surface area contributed by atoms with Crippen LogP contribution in [0.15, 0.2) is 0 Å². The Morgan fingerprint density at radius 1 is 1.38 bits per heavy atom. The molecule has 0 atom stereocenters. The zero-order valence-corrected chi connectivity index (χ0v) is 9.16. The molecule has 6 heteroatoms. The van der Waals surface area contributed by atoms with Crippen molar-refractivity contribution in [3.63, 3.8) is 0 Å². The van der Waals surface area contributed by atoms with Crippen molar-refractivity contribution >= 4 is 5.97 Å². The Morgan fingerprint density at radius 3 is 1.50 bits per heavy atom. The summed E-state index contributed by atoms with van der Waals surface area (Å²) in [7, 11) is 0. The SMILES string of the molecule is O=C([O-])C(F)(F)F.[Hg+]. The third-order valence-corrected chi connectivity index (χ3v) is 0.231. The summed E-state index contributed by atoms with van der Waals surface area (Å²) >= 11 is 0. The Hall–Kier alpha value is 0.195. The minimum Gasteiger partial charge on any atom is -0.542 e. The first kappa shape index (κ1) is 11.1. The summed E-state index contributed by atoms with van der Waals surface area (Å²) in [5, 5.41) is 8.78. The molecule has 0 N–H and O–H groups in total. The van der Waals surface area contributed by atoms with Crippen LogP contribution in [0.4, 0.5) is 13.2 Å². The summed E-state index contributed by atoms with van der Waals surface area (Å²) in [6.45, 7) is 0. The molecule has 0 aliphatic carbocycles. The summed E-state index contributed by atoms with van der Waals surface area (Å²) in [5.41, 5.74) is 0. The molecule has 0 aromatic carbocycles. The van der Waals surface area contributed by atoms with Gasteiger partial charge in [-0.05, 0) is 0 Å². The van der Waals surface area contributed by atoms with Crippen LogP contribution in [0.5, 0.6) is 0 Å². The fourth-order valence-corrected chi connectivity index (χ4v) is 0. The molecule has 1 radical (unpaired) electrons. The minimum absolute atomic E-state index is 0. The van der Waals surface area contributed by atoms with Crippen LogP contribution >= 0.6 is 0 Å². The van der Waals surface area contributed by atoms with E-state index in [4.69, 9.17) is 9.90 Å². The van der Waals surface area contributed by atoms with Crippen molar-refractivity contribution in [2.24, 2.45) is 0 Å². The van der Waals surface area contributed by atoms with E-state index in [1.54, 1.807) is 0 Å². The van der Waals surface area contributed by atoms with Gasteiger partial charge in [0.15, 0.2) is 0 Å². The number of carboxylic acid groups (broad SMARTS) is 1. The van der Waals surface area contributed by atoms with E-state index in [1.165, 1.54) is 0 Å². The maximum atomic E-state index is 10.5. The molecule has 0 aromatic rings. The molecule has 0 heterocycles. The van der Waals surface area contributed by atoms with Gasteiger partial charge in [0.25, 0.3) is 0 Å². The van der Waals surface area contributed by atoms with Gasteiger partial charge in [0, 0.05) is 0 Å². The molecule has 0 fully saturated rings. The Kier molecular flexibility index (Phi) is 4.51. The molecule has 0 unspecified atom stereocenters. The number of alkyl halides is 3. The van der Waals surface area contributed by atoms with Gasteiger partial charge in [0.05, 0.1) is 0 Å². The fourth-order valence-electron chi connectivity index (χ4n) is 0. The summed E-state index contributed by atoms with van der Waals surface area (Å²) in [5.74, 6) is -3.01. The van der Waals surface area contributed by atoms with Crippen molar-refractivity contribution in [2.45, 2.75) is 6.18 Å². The van der Waals surface area contributed by atoms with Crippen molar-refractivity contribution in [3.05, 3.63) is 0 Å². The molecule has 0 saturated heterocycles. The maximum Gasteiger partial charge on any atom is 1.00 e. The second-order valence-electron chi connectivity index (χ2n) is 0.785. The number of carboxylic acids is 1. The van der Waals surface area contributed by atoms with Gasteiger partial charge in [-0.15, -0.1) is 0 Å². The van der Waals surface area contributed by atoms with Gasteiger partial charge < -0.3 is 9.90 Å².